The Morgan fingerprint density at radius 1 is 1.32 bits per heavy atom. The predicted molar refractivity (Wildman–Crippen MR) is 80.3 cm³/mol. The van der Waals surface area contributed by atoms with Crippen molar-refractivity contribution >= 4 is 5.69 Å². The smallest absolute Gasteiger partial charge is 0.124 e. The van der Waals surface area contributed by atoms with Crippen molar-refractivity contribution in [2.24, 2.45) is 5.92 Å². The predicted octanol–water partition coefficient (Wildman–Crippen LogP) is 3.29. The summed E-state index contributed by atoms with van der Waals surface area (Å²) in [6.07, 6.45) is 2.79. The number of nitrogen functional groups attached to an aromatic ring is 1. The summed E-state index contributed by atoms with van der Waals surface area (Å²) < 4.78 is 5.88. The van der Waals surface area contributed by atoms with Crippen LogP contribution in [0.3, 0.4) is 0 Å². The SMILES string of the molecule is CC1CCN(Cc2cc(N)ccc2OC(C)C)CC1. The van der Waals surface area contributed by atoms with E-state index in [4.69, 9.17) is 10.5 Å². The van der Waals surface area contributed by atoms with Gasteiger partial charge in [0.05, 0.1) is 6.10 Å². The molecule has 3 nitrogen and oxygen atoms in total. The van der Waals surface area contributed by atoms with Gasteiger partial charge >= 0.3 is 0 Å². The first-order valence-electron chi connectivity index (χ1n) is 7.32. The van der Waals surface area contributed by atoms with Gasteiger partial charge in [0, 0.05) is 17.8 Å². The van der Waals surface area contributed by atoms with Gasteiger partial charge < -0.3 is 10.5 Å². The molecule has 2 rings (SSSR count). The zero-order valence-electron chi connectivity index (χ0n) is 12.4. The van der Waals surface area contributed by atoms with Gasteiger partial charge in [0.15, 0.2) is 0 Å². The van der Waals surface area contributed by atoms with Gasteiger partial charge in [-0.05, 0) is 63.9 Å². The second kappa shape index (κ2) is 6.29. The van der Waals surface area contributed by atoms with Gasteiger partial charge in [-0.2, -0.15) is 0 Å². The molecule has 2 N–H and O–H groups in total. The lowest BCUT2D eigenvalue weighted by atomic mass is 9.99. The number of piperidine rings is 1. The van der Waals surface area contributed by atoms with Crippen LogP contribution in [-0.4, -0.2) is 24.1 Å². The van der Waals surface area contributed by atoms with Crippen molar-refractivity contribution in [3.63, 3.8) is 0 Å². The normalized spacial score (nSPS) is 17.9. The fourth-order valence-corrected chi connectivity index (χ4v) is 2.55. The van der Waals surface area contributed by atoms with Crippen LogP contribution in [0.2, 0.25) is 0 Å². The minimum absolute atomic E-state index is 0.198. The van der Waals surface area contributed by atoms with Gasteiger partial charge in [0.1, 0.15) is 5.75 Å². The van der Waals surface area contributed by atoms with Crippen molar-refractivity contribution in [1.82, 2.24) is 4.90 Å². The van der Waals surface area contributed by atoms with E-state index in [0.717, 1.165) is 23.9 Å². The van der Waals surface area contributed by atoms with Crippen LogP contribution in [0.5, 0.6) is 5.75 Å². The van der Waals surface area contributed by atoms with E-state index in [-0.39, 0.29) is 6.10 Å². The fraction of sp³-hybridized carbons (Fsp3) is 0.625. The molecule has 1 aliphatic rings. The Balaban J connectivity index is 2.07. The number of likely N-dealkylation sites (tertiary alicyclic amines) is 1. The first-order valence-corrected chi connectivity index (χ1v) is 7.32. The summed E-state index contributed by atoms with van der Waals surface area (Å²) in [5, 5.41) is 0. The van der Waals surface area contributed by atoms with Gasteiger partial charge in [-0.25, -0.2) is 0 Å². The van der Waals surface area contributed by atoms with Gasteiger partial charge in [-0.3, -0.25) is 4.90 Å². The van der Waals surface area contributed by atoms with E-state index in [0.29, 0.717) is 0 Å². The Labute approximate surface area is 116 Å². The highest BCUT2D eigenvalue weighted by Crippen LogP contribution is 2.26. The van der Waals surface area contributed by atoms with Crippen LogP contribution in [0, 0.1) is 5.92 Å². The van der Waals surface area contributed by atoms with Gasteiger partial charge in [0.2, 0.25) is 0 Å². The van der Waals surface area contributed by atoms with Crippen LogP contribution >= 0.6 is 0 Å². The van der Waals surface area contributed by atoms with Crippen molar-refractivity contribution in [3.05, 3.63) is 23.8 Å². The lowest BCUT2D eigenvalue weighted by Crippen LogP contribution is -2.32. The molecule has 1 fully saturated rings. The summed E-state index contributed by atoms with van der Waals surface area (Å²) in [5.74, 6) is 1.84. The molecule has 106 valence electrons. The van der Waals surface area contributed by atoms with Crippen molar-refractivity contribution in [3.8, 4) is 5.75 Å². The van der Waals surface area contributed by atoms with Crippen LogP contribution in [0.1, 0.15) is 39.2 Å². The van der Waals surface area contributed by atoms with E-state index >= 15 is 0 Å². The molecule has 0 bridgehead atoms. The Kier molecular flexibility index (Phi) is 4.70. The number of nitrogens with two attached hydrogens (primary N) is 1. The van der Waals surface area contributed by atoms with Crippen LogP contribution in [0.15, 0.2) is 18.2 Å². The maximum Gasteiger partial charge on any atom is 0.124 e. The molecule has 0 atom stereocenters. The third kappa shape index (κ3) is 4.13. The fourth-order valence-electron chi connectivity index (χ4n) is 2.55. The molecule has 0 aliphatic carbocycles. The zero-order valence-corrected chi connectivity index (χ0v) is 12.4. The Bertz CT molecular complexity index is 409. The minimum Gasteiger partial charge on any atom is -0.491 e. The lowest BCUT2D eigenvalue weighted by Gasteiger charge is -2.30. The van der Waals surface area contributed by atoms with Crippen molar-refractivity contribution < 1.29 is 4.74 Å². The molecule has 19 heavy (non-hydrogen) atoms. The van der Waals surface area contributed by atoms with Crippen molar-refractivity contribution in [2.75, 3.05) is 18.8 Å². The molecule has 0 radical (unpaired) electrons. The number of ether oxygens (including phenoxy) is 1. The summed E-state index contributed by atoms with van der Waals surface area (Å²) in [6.45, 7) is 9.75. The molecule has 1 aromatic carbocycles. The molecule has 1 aromatic rings. The number of hydrogen-bond donors (Lipinski definition) is 1. The van der Waals surface area contributed by atoms with Gasteiger partial charge in [-0.1, -0.05) is 6.92 Å². The monoisotopic (exact) mass is 262 g/mol. The van der Waals surface area contributed by atoms with E-state index in [1.54, 1.807) is 0 Å². The molecular weight excluding hydrogens is 236 g/mol. The lowest BCUT2D eigenvalue weighted by molar-refractivity contribution is 0.179. The van der Waals surface area contributed by atoms with Crippen LogP contribution < -0.4 is 10.5 Å². The maximum atomic E-state index is 5.91. The average Bonchev–Trinajstić information content (AvgIpc) is 2.35. The molecule has 1 aliphatic heterocycles. The van der Waals surface area contributed by atoms with Gasteiger partial charge in [-0.15, -0.1) is 0 Å². The highest BCUT2D eigenvalue weighted by atomic mass is 16.5. The maximum absolute atomic E-state index is 5.91. The Morgan fingerprint density at radius 3 is 2.63 bits per heavy atom. The van der Waals surface area contributed by atoms with Crippen molar-refractivity contribution in [2.45, 2.75) is 46.3 Å². The summed E-state index contributed by atoms with van der Waals surface area (Å²) in [6, 6.07) is 5.96. The summed E-state index contributed by atoms with van der Waals surface area (Å²) in [4.78, 5) is 2.50. The molecule has 1 heterocycles. The second-order valence-electron chi connectivity index (χ2n) is 5.99. The molecule has 0 aromatic heterocycles. The molecule has 0 amide bonds. The van der Waals surface area contributed by atoms with Gasteiger partial charge in [0.25, 0.3) is 0 Å². The van der Waals surface area contributed by atoms with Crippen molar-refractivity contribution in [1.29, 1.82) is 0 Å². The summed E-state index contributed by atoms with van der Waals surface area (Å²) in [7, 11) is 0. The number of benzene rings is 1. The molecule has 1 saturated heterocycles. The highest BCUT2D eigenvalue weighted by Gasteiger charge is 2.17. The number of rotatable bonds is 4. The standard InChI is InChI=1S/C16H26N2O/c1-12(2)19-16-5-4-15(17)10-14(16)11-18-8-6-13(3)7-9-18/h4-5,10,12-13H,6-9,11,17H2,1-3H3. The number of hydrogen-bond acceptors (Lipinski definition) is 3. The molecule has 0 unspecified atom stereocenters. The third-order valence-electron chi connectivity index (χ3n) is 3.72. The first-order chi connectivity index (χ1) is 9.04. The van der Waals surface area contributed by atoms with Crippen LogP contribution in [0.4, 0.5) is 5.69 Å². The average molecular weight is 262 g/mol. The van der Waals surface area contributed by atoms with E-state index < -0.39 is 0 Å². The third-order valence-corrected chi connectivity index (χ3v) is 3.72. The van der Waals surface area contributed by atoms with E-state index in [1.165, 1.54) is 31.5 Å². The molecule has 0 spiro atoms. The largest absolute Gasteiger partial charge is 0.491 e. The minimum atomic E-state index is 0.198. The highest BCUT2D eigenvalue weighted by molar-refractivity contribution is 5.48. The number of nitrogens with zero attached hydrogens (tertiary/aromatic N) is 1. The Hall–Kier alpha value is -1.22. The quantitative estimate of drug-likeness (QED) is 0.846. The summed E-state index contributed by atoms with van der Waals surface area (Å²) in [5.41, 5.74) is 7.94. The summed E-state index contributed by atoms with van der Waals surface area (Å²) >= 11 is 0. The molecule has 0 saturated carbocycles. The van der Waals surface area contributed by atoms with E-state index in [1.807, 2.05) is 12.1 Å². The zero-order chi connectivity index (χ0) is 13.8. The topological polar surface area (TPSA) is 38.5 Å². The van der Waals surface area contributed by atoms with Crippen LogP contribution in [0.25, 0.3) is 0 Å². The first kappa shape index (κ1) is 14.2. The van der Waals surface area contributed by atoms with E-state index in [2.05, 4.69) is 31.7 Å². The van der Waals surface area contributed by atoms with Crippen LogP contribution in [-0.2, 0) is 6.54 Å². The second-order valence-corrected chi connectivity index (χ2v) is 5.99. The Morgan fingerprint density at radius 2 is 2.00 bits per heavy atom. The van der Waals surface area contributed by atoms with E-state index in [9.17, 15) is 0 Å². The number of anilines is 1. The molecular formula is C16H26N2O. The molecule has 3 heteroatoms.